The van der Waals surface area contributed by atoms with E-state index < -0.39 is 36.0 Å². The normalized spacial score (nSPS) is 11.7. The molecule has 0 aliphatic heterocycles. The van der Waals surface area contributed by atoms with Crippen molar-refractivity contribution in [3.63, 3.8) is 0 Å². The van der Waals surface area contributed by atoms with Gasteiger partial charge in [0.1, 0.15) is 5.82 Å². The predicted molar refractivity (Wildman–Crippen MR) is 78.2 cm³/mol. The first-order valence-electron chi connectivity index (χ1n) is 7.22. The number of hydrogen-bond donors (Lipinski definition) is 1. The highest BCUT2D eigenvalue weighted by atomic mass is 19.4. The van der Waals surface area contributed by atoms with Gasteiger partial charge >= 0.3 is 12.8 Å². The van der Waals surface area contributed by atoms with Crippen LogP contribution in [-0.4, -0.2) is 22.3 Å². The molecule has 0 radical (unpaired) electrons. The number of carbonyl (C=O) groups is 1. The molecule has 11 heteroatoms. The zero-order valence-corrected chi connectivity index (χ0v) is 13.3. The molecule has 0 atom stereocenters. The predicted octanol–water partition coefficient (Wildman–Crippen LogP) is 3.98. The molecule has 0 aliphatic rings. The molecule has 0 aliphatic carbocycles. The van der Waals surface area contributed by atoms with Crippen molar-refractivity contribution in [1.82, 2.24) is 9.78 Å². The van der Waals surface area contributed by atoms with Gasteiger partial charge < -0.3 is 10.1 Å². The largest absolute Gasteiger partial charge is 0.435 e. The van der Waals surface area contributed by atoms with Crippen LogP contribution in [0, 0.1) is 12.7 Å². The van der Waals surface area contributed by atoms with Crippen LogP contribution >= 0.6 is 0 Å². The van der Waals surface area contributed by atoms with Gasteiger partial charge in [-0.25, -0.2) is 4.39 Å². The van der Waals surface area contributed by atoms with Gasteiger partial charge in [0.15, 0.2) is 11.4 Å². The maximum absolute atomic E-state index is 13.1. The van der Waals surface area contributed by atoms with Crippen LogP contribution in [0.3, 0.4) is 0 Å². The maximum Gasteiger partial charge on any atom is 0.435 e. The van der Waals surface area contributed by atoms with Gasteiger partial charge in [-0.15, -0.1) is 0 Å². The Hall–Kier alpha value is -2.72. The summed E-state index contributed by atoms with van der Waals surface area (Å²) in [6, 6.07) is 3.48. The van der Waals surface area contributed by atoms with E-state index in [0.29, 0.717) is 6.07 Å². The summed E-state index contributed by atoms with van der Waals surface area (Å²) < 4.78 is 80.6. The number of hydrogen-bond acceptors (Lipinski definition) is 3. The highest BCUT2D eigenvalue weighted by Gasteiger charge is 2.34. The second-order valence-corrected chi connectivity index (χ2v) is 5.21. The number of alkyl halides is 5. The Balaban J connectivity index is 2.03. The van der Waals surface area contributed by atoms with Crippen LogP contribution in [0.4, 0.5) is 32.0 Å². The lowest BCUT2D eigenvalue weighted by atomic mass is 10.2. The minimum atomic E-state index is -4.60. The SMILES string of the molecule is Cc1cc(C(F)(F)F)nn1CCC(=O)Nc1ccc(F)cc1OC(F)F. The van der Waals surface area contributed by atoms with Gasteiger partial charge in [-0.2, -0.15) is 27.1 Å². The quantitative estimate of drug-likeness (QED) is 0.771. The van der Waals surface area contributed by atoms with Crippen LogP contribution in [0.1, 0.15) is 17.8 Å². The first-order valence-corrected chi connectivity index (χ1v) is 7.22. The molecular formula is C15H13F6N3O2. The molecule has 5 nitrogen and oxygen atoms in total. The molecule has 26 heavy (non-hydrogen) atoms. The molecule has 0 saturated carbocycles. The average Bonchev–Trinajstić information content (AvgIpc) is 2.89. The van der Waals surface area contributed by atoms with Crippen molar-refractivity contribution in [1.29, 1.82) is 0 Å². The molecule has 0 spiro atoms. The Morgan fingerprint density at radius 3 is 2.58 bits per heavy atom. The third-order valence-corrected chi connectivity index (χ3v) is 3.26. The summed E-state index contributed by atoms with van der Waals surface area (Å²) in [5.74, 6) is -2.10. The molecule has 142 valence electrons. The number of benzene rings is 1. The van der Waals surface area contributed by atoms with Crippen LogP contribution in [0.15, 0.2) is 24.3 Å². The standard InChI is InChI=1S/C15H13F6N3O2/c1-8-6-12(15(19,20)21)23-24(8)5-4-13(25)22-10-3-2-9(16)7-11(10)26-14(17)18/h2-3,6-7,14H,4-5H2,1H3,(H,22,25). The molecule has 2 rings (SSSR count). The smallest absolute Gasteiger partial charge is 0.432 e. The zero-order chi connectivity index (χ0) is 19.5. The molecule has 0 unspecified atom stereocenters. The highest BCUT2D eigenvalue weighted by molar-refractivity contribution is 5.92. The van der Waals surface area contributed by atoms with E-state index in [1.807, 2.05) is 0 Å². The van der Waals surface area contributed by atoms with E-state index in [1.54, 1.807) is 0 Å². The number of aryl methyl sites for hydroxylation is 2. The monoisotopic (exact) mass is 381 g/mol. The van der Waals surface area contributed by atoms with Crippen LogP contribution in [0.5, 0.6) is 5.75 Å². The summed E-state index contributed by atoms with van der Waals surface area (Å²) in [5, 5.41) is 5.61. The van der Waals surface area contributed by atoms with E-state index in [9.17, 15) is 31.1 Å². The lowest BCUT2D eigenvalue weighted by Gasteiger charge is -2.12. The van der Waals surface area contributed by atoms with E-state index in [2.05, 4.69) is 15.2 Å². The van der Waals surface area contributed by atoms with Crippen molar-refractivity contribution in [2.24, 2.45) is 0 Å². The second-order valence-electron chi connectivity index (χ2n) is 5.21. The summed E-state index contributed by atoms with van der Waals surface area (Å²) in [6.07, 6.45) is -4.89. The Morgan fingerprint density at radius 2 is 2.00 bits per heavy atom. The average molecular weight is 381 g/mol. The van der Waals surface area contributed by atoms with Crippen molar-refractivity contribution in [3.05, 3.63) is 41.5 Å². The Morgan fingerprint density at radius 1 is 1.31 bits per heavy atom. The molecule has 2 aromatic rings. The fourth-order valence-corrected chi connectivity index (χ4v) is 2.09. The van der Waals surface area contributed by atoms with Gasteiger partial charge in [0.2, 0.25) is 5.91 Å². The minimum absolute atomic E-state index is 0.167. The number of aromatic nitrogens is 2. The fraction of sp³-hybridized carbons (Fsp3) is 0.333. The van der Waals surface area contributed by atoms with E-state index >= 15 is 0 Å². The highest BCUT2D eigenvalue weighted by Crippen LogP contribution is 2.29. The molecule has 1 aromatic carbocycles. The van der Waals surface area contributed by atoms with Crippen LogP contribution in [0.25, 0.3) is 0 Å². The number of rotatable bonds is 6. The molecule has 0 saturated heterocycles. The number of ether oxygens (including phenoxy) is 1. The number of carbonyl (C=O) groups excluding carboxylic acids is 1. The van der Waals surface area contributed by atoms with Gasteiger partial charge in [-0.3, -0.25) is 9.48 Å². The third-order valence-electron chi connectivity index (χ3n) is 3.26. The number of anilines is 1. The van der Waals surface area contributed by atoms with Crippen molar-refractivity contribution < 1.29 is 35.9 Å². The summed E-state index contributed by atoms with van der Waals surface area (Å²) >= 11 is 0. The summed E-state index contributed by atoms with van der Waals surface area (Å²) in [4.78, 5) is 11.9. The van der Waals surface area contributed by atoms with Crippen LogP contribution in [-0.2, 0) is 17.5 Å². The van der Waals surface area contributed by atoms with Gasteiger partial charge in [0, 0.05) is 24.7 Å². The Kier molecular flexibility index (Phi) is 5.78. The number of amides is 1. The van der Waals surface area contributed by atoms with Gasteiger partial charge in [-0.05, 0) is 25.1 Å². The first-order chi connectivity index (χ1) is 12.1. The van der Waals surface area contributed by atoms with Crippen molar-refractivity contribution in [2.75, 3.05) is 5.32 Å². The van der Waals surface area contributed by atoms with Crippen LogP contribution < -0.4 is 10.1 Å². The molecule has 1 heterocycles. The lowest BCUT2D eigenvalue weighted by Crippen LogP contribution is -2.17. The van der Waals surface area contributed by atoms with E-state index in [-0.39, 0.29) is 24.3 Å². The lowest BCUT2D eigenvalue weighted by molar-refractivity contribution is -0.141. The minimum Gasteiger partial charge on any atom is -0.432 e. The number of nitrogens with one attached hydrogen (secondary N) is 1. The van der Waals surface area contributed by atoms with Gasteiger partial charge in [-0.1, -0.05) is 0 Å². The molecule has 0 bridgehead atoms. The van der Waals surface area contributed by atoms with E-state index in [4.69, 9.17) is 0 Å². The maximum atomic E-state index is 13.1. The molecular weight excluding hydrogens is 368 g/mol. The topological polar surface area (TPSA) is 56.2 Å². The number of halogens is 6. The van der Waals surface area contributed by atoms with Gasteiger partial charge in [0.05, 0.1) is 5.69 Å². The van der Waals surface area contributed by atoms with Crippen molar-refractivity contribution in [2.45, 2.75) is 32.7 Å². The second kappa shape index (κ2) is 7.67. The number of nitrogens with zero attached hydrogens (tertiary/aromatic N) is 2. The molecule has 1 aromatic heterocycles. The zero-order valence-electron chi connectivity index (χ0n) is 13.3. The van der Waals surface area contributed by atoms with Crippen molar-refractivity contribution >= 4 is 11.6 Å². The summed E-state index contributed by atoms with van der Waals surface area (Å²) in [7, 11) is 0. The van der Waals surface area contributed by atoms with E-state index in [1.165, 1.54) is 6.92 Å². The fourth-order valence-electron chi connectivity index (χ4n) is 2.09. The Labute approximate surface area is 143 Å². The first kappa shape index (κ1) is 19.6. The van der Waals surface area contributed by atoms with Crippen molar-refractivity contribution in [3.8, 4) is 5.75 Å². The van der Waals surface area contributed by atoms with Crippen LogP contribution in [0.2, 0.25) is 0 Å². The molecule has 0 fully saturated rings. The summed E-state index contributed by atoms with van der Waals surface area (Å²) in [5.41, 5.74) is -1.07. The molecule has 1 N–H and O–H groups in total. The summed E-state index contributed by atoms with van der Waals surface area (Å²) in [6.45, 7) is -1.99. The van der Waals surface area contributed by atoms with Gasteiger partial charge in [0.25, 0.3) is 0 Å². The van der Waals surface area contributed by atoms with E-state index in [0.717, 1.165) is 22.9 Å². The molecule has 1 amide bonds. The Bertz CT molecular complexity index is 788. The third kappa shape index (κ3) is 5.14.